The van der Waals surface area contributed by atoms with Crippen molar-refractivity contribution in [1.29, 1.82) is 0 Å². The molecule has 26 heavy (non-hydrogen) atoms. The Labute approximate surface area is 162 Å². The van der Waals surface area contributed by atoms with E-state index in [4.69, 9.17) is 9.40 Å². The zero-order valence-electron chi connectivity index (χ0n) is 15.4. The van der Waals surface area contributed by atoms with Gasteiger partial charge in [-0.2, -0.15) is 0 Å². The van der Waals surface area contributed by atoms with Crippen LogP contribution in [-0.4, -0.2) is 10.9 Å². The lowest BCUT2D eigenvalue weighted by Gasteiger charge is -2.23. The van der Waals surface area contributed by atoms with Gasteiger partial charge in [-0.25, -0.2) is 4.98 Å². The van der Waals surface area contributed by atoms with Gasteiger partial charge < -0.3 is 4.42 Å². The van der Waals surface area contributed by atoms with Crippen LogP contribution in [0, 0.1) is 20.8 Å². The van der Waals surface area contributed by atoms with Crippen molar-refractivity contribution in [3.63, 3.8) is 0 Å². The Balaban J connectivity index is 1.79. The Morgan fingerprint density at radius 3 is 2.58 bits per heavy atom. The summed E-state index contributed by atoms with van der Waals surface area (Å²) in [7, 11) is 0. The summed E-state index contributed by atoms with van der Waals surface area (Å²) in [4.78, 5) is 18.8. The topological polar surface area (TPSA) is 46.3 Å². The highest BCUT2D eigenvalue weighted by Gasteiger charge is 2.21. The van der Waals surface area contributed by atoms with E-state index in [-0.39, 0.29) is 5.91 Å². The molecule has 2 aromatic heterocycles. The molecular weight excluding hydrogens is 364 g/mol. The average Bonchev–Trinajstić information content (AvgIpc) is 3.22. The van der Waals surface area contributed by atoms with E-state index in [2.05, 4.69) is 19.1 Å². The molecule has 4 nitrogen and oxygen atoms in total. The molecule has 1 aromatic carbocycles. The Hall–Kier alpha value is -2.05. The van der Waals surface area contributed by atoms with E-state index in [9.17, 15) is 4.79 Å². The number of thioether (sulfide) groups is 1. The van der Waals surface area contributed by atoms with Gasteiger partial charge in [-0.3, -0.25) is 9.69 Å². The third-order valence-corrected chi connectivity index (χ3v) is 5.84. The van der Waals surface area contributed by atoms with Crippen LogP contribution in [0.25, 0.3) is 0 Å². The molecule has 0 radical (unpaired) electrons. The quantitative estimate of drug-likeness (QED) is 0.539. The van der Waals surface area contributed by atoms with Crippen molar-refractivity contribution < 1.29 is 9.21 Å². The van der Waals surface area contributed by atoms with Gasteiger partial charge in [0.05, 0.1) is 23.4 Å². The first-order chi connectivity index (χ1) is 12.5. The lowest BCUT2D eigenvalue weighted by atomic mass is 10.0. The van der Waals surface area contributed by atoms with E-state index in [1.54, 1.807) is 29.8 Å². The SMILES string of the molecule is CC(=O)N(c1nc(CSCc2ccco2)cs1)c1c(C)cc(C)cc1C. The van der Waals surface area contributed by atoms with Crippen LogP contribution in [0.15, 0.2) is 40.3 Å². The Morgan fingerprint density at radius 1 is 1.23 bits per heavy atom. The molecule has 0 aliphatic carbocycles. The van der Waals surface area contributed by atoms with Crippen LogP contribution < -0.4 is 4.90 Å². The monoisotopic (exact) mass is 386 g/mol. The summed E-state index contributed by atoms with van der Waals surface area (Å²) in [5.41, 5.74) is 5.28. The molecule has 136 valence electrons. The lowest BCUT2D eigenvalue weighted by molar-refractivity contribution is -0.115. The molecule has 0 fully saturated rings. The number of carbonyl (C=O) groups is 1. The first-order valence-corrected chi connectivity index (χ1v) is 10.4. The van der Waals surface area contributed by atoms with Crippen LogP contribution in [0.2, 0.25) is 0 Å². The zero-order chi connectivity index (χ0) is 18.7. The summed E-state index contributed by atoms with van der Waals surface area (Å²) < 4.78 is 5.35. The van der Waals surface area contributed by atoms with E-state index in [1.165, 1.54) is 16.9 Å². The lowest BCUT2D eigenvalue weighted by Crippen LogP contribution is -2.24. The first kappa shape index (κ1) is 18.7. The standard InChI is InChI=1S/C20H22N2O2S2/c1-13-8-14(2)19(15(3)9-13)22(16(4)23)20-21-17(11-26-20)10-25-12-18-6-5-7-24-18/h5-9,11H,10,12H2,1-4H3. The van der Waals surface area contributed by atoms with Crippen LogP contribution in [0.5, 0.6) is 0 Å². The molecule has 3 rings (SSSR count). The summed E-state index contributed by atoms with van der Waals surface area (Å²) in [6, 6.07) is 8.08. The summed E-state index contributed by atoms with van der Waals surface area (Å²) in [5, 5.41) is 2.75. The number of nitrogens with zero attached hydrogens (tertiary/aromatic N) is 2. The minimum absolute atomic E-state index is 0.0239. The maximum atomic E-state index is 12.4. The number of amides is 1. The van der Waals surface area contributed by atoms with Crippen molar-refractivity contribution in [2.45, 2.75) is 39.2 Å². The van der Waals surface area contributed by atoms with Gasteiger partial charge in [0.1, 0.15) is 5.76 Å². The normalized spacial score (nSPS) is 10.9. The van der Waals surface area contributed by atoms with Gasteiger partial charge in [-0.05, 0) is 44.0 Å². The van der Waals surface area contributed by atoms with Crippen molar-refractivity contribution >= 4 is 39.8 Å². The van der Waals surface area contributed by atoms with E-state index in [1.807, 2.05) is 31.4 Å². The van der Waals surface area contributed by atoms with Gasteiger partial charge in [-0.1, -0.05) is 17.7 Å². The molecule has 0 aliphatic heterocycles. The first-order valence-electron chi connectivity index (χ1n) is 8.38. The third-order valence-electron chi connectivity index (χ3n) is 3.98. The van der Waals surface area contributed by atoms with Gasteiger partial charge >= 0.3 is 0 Å². The maximum absolute atomic E-state index is 12.4. The fourth-order valence-electron chi connectivity index (χ4n) is 3.03. The predicted octanol–water partition coefficient (Wildman–Crippen LogP) is 5.78. The molecule has 0 aliphatic rings. The molecule has 0 saturated carbocycles. The van der Waals surface area contributed by atoms with Crippen molar-refractivity contribution in [2.24, 2.45) is 0 Å². The van der Waals surface area contributed by atoms with E-state index in [0.717, 1.165) is 44.9 Å². The summed E-state index contributed by atoms with van der Waals surface area (Å²) >= 11 is 3.26. The minimum atomic E-state index is -0.0239. The molecule has 0 spiro atoms. The van der Waals surface area contributed by atoms with Crippen molar-refractivity contribution in [2.75, 3.05) is 4.90 Å². The fourth-order valence-corrected chi connectivity index (χ4v) is 4.83. The predicted molar refractivity (Wildman–Crippen MR) is 109 cm³/mol. The number of hydrogen-bond donors (Lipinski definition) is 0. The zero-order valence-corrected chi connectivity index (χ0v) is 17.0. The van der Waals surface area contributed by atoms with Gasteiger partial charge in [0, 0.05) is 18.1 Å². The molecule has 1 amide bonds. The molecule has 0 atom stereocenters. The number of rotatable bonds is 6. The van der Waals surface area contributed by atoms with E-state index in [0.29, 0.717) is 0 Å². The number of hydrogen-bond acceptors (Lipinski definition) is 5. The molecule has 6 heteroatoms. The second-order valence-electron chi connectivity index (χ2n) is 6.30. The number of thiazole rings is 1. The van der Waals surface area contributed by atoms with Crippen molar-refractivity contribution in [3.8, 4) is 0 Å². The number of carbonyl (C=O) groups excluding carboxylic acids is 1. The van der Waals surface area contributed by atoms with Gasteiger partial charge in [0.25, 0.3) is 0 Å². The number of furan rings is 1. The second kappa shape index (κ2) is 8.10. The molecule has 3 aromatic rings. The molecule has 0 N–H and O–H groups in total. The number of benzene rings is 1. The highest BCUT2D eigenvalue weighted by Crippen LogP contribution is 2.35. The Kier molecular flexibility index (Phi) is 5.84. The molecular formula is C20H22N2O2S2. The molecule has 0 bridgehead atoms. The number of aromatic nitrogens is 1. The van der Waals surface area contributed by atoms with Crippen LogP contribution in [0.4, 0.5) is 10.8 Å². The van der Waals surface area contributed by atoms with Gasteiger partial charge in [0.15, 0.2) is 5.13 Å². The molecule has 0 saturated heterocycles. The van der Waals surface area contributed by atoms with Gasteiger partial charge in [0.2, 0.25) is 5.91 Å². The van der Waals surface area contributed by atoms with Crippen molar-refractivity contribution in [1.82, 2.24) is 4.98 Å². The van der Waals surface area contributed by atoms with E-state index >= 15 is 0 Å². The second-order valence-corrected chi connectivity index (χ2v) is 8.12. The highest BCUT2D eigenvalue weighted by molar-refractivity contribution is 7.97. The van der Waals surface area contributed by atoms with Crippen LogP contribution in [0.1, 0.15) is 35.1 Å². The maximum Gasteiger partial charge on any atom is 0.230 e. The number of anilines is 2. The summed E-state index contributed by atoms with van der Waals surface area (Å²) in [6.45, 7) is 7.74. The fraction of sp³-hybridized carbons (Fsp3) is 0.300. The van der Waals surface area contributed by atoms with Crippen molar-refractivity contribution in [3.05, 3.63) is 64.1 Å². The van der Waals surface area contributed by atoms with E-state index < -0.39 is 0 Å². The van der Waals surface area contributed by atoms with Gasteiger partial charge in [-0.15, -0.1) is 23.1 Å². The largest absolute Gasteiger partial charge is 0.468 e. The highest BCUT2D eigenvalue weighted by atomic mass is 32.2. The third kappa shape index (κ3) is 4.19. The number of aryl methyl sites for hydroxylation is 3. The Morgan fingerprint density at radius 2 is 1.96 bits per heavy atom. The summed E-state index contributed by atoms with van der Waals surface area (Å²) in [5.74, 6) is 2.53. The average molecular weight is 387 g/mol. The minimum Gasteiger partial charge on any atom is -0.468 e. The van der Waals surface area contributed by atoms with Crippen LogP contribution in [0.3, 0.4) is 0 Å². The van der Waals surface area contributed by atoms with Crippen LogP contribution in [-0.2, 0) is 16.3 Å². The smallest absolute Gasteiger partial charge is 0.230 e. The Bertz CT molecular complexity index is 877. The molecule has 0 unspecified atom stereocenters. The summed E-state index contributed by atoms with van der Waals surface area (Å²) in [6.07, 6.45) is 1.69. The molecule has 2 heterocycles. The van der Waals surface area contributed by atoms with Crippen LogP contribution >= 0.6 is 23.1 Å².